The zero-order valence-corrected chi connectivity index (χ0v) is 11.9. The molecule has 1 unspecified atom stereocenters. The van der Waals surface area contributed by atoms with Gasteiger partial charge >= 0.3 is 6.18 Å². The number of aromatic nitrogens is 3. The molecule has 1 aliphatic rings. The molecule has 6 nitrogen and oxygen atoms in total. The van der Waals surface area contributed by atoms with Crippen LogP contribution in [0.5, 0.6) is 0 Å². The average Bonchev–Trinajstić information content (AvgIpc) is 2.96. The van der Waals surface area contributed by atoms with Crippen molar-refractivity contribution in [3.63, 3.8) is 0 Å². The molecule has 1 amide bonds. The van der Waals surface area contributed by atoms with Crippen LogP contribution in [0.1, 0.15) is 11.4 Å². The summed E-state index contributed by atoms with van der Waals surface area (Å²) in [6.45, 7) is -0.0344. The van der Waals surface area contributed by atoms with Crippen LogP contribution in [0.15, 0.2) is 30.3 Å². The second-order valence-corrected chi connectivity index (χ2v) is 5.18. The standard InChI is InChI=1S/C14H13F3N4O2/c15-14(16,17)12(22)13(23)20-7-6-11-10(8-20)18-19-21(11)9-4-2-1-3-5-9/h1-5,12,22H,6-8H2. The van der Waals surface area contributed by atoms with Crippen LogP contribution in [0, 0.1) is 0 Å². The van der Waals surface area contributed by atoms with Crippen molar-refractivity contribution in [1.82, 2.24) is 19.9 Å². The van der Waals surface area contributed by atoms with Crippen LogP contribution in [0.2, 0.25) is 0 Å². The van der Waals surface area contributed by atoms with Gasteiger partial charge in [0.25, 0.3) is 5.91 Å². The van der Waals surface area contributed by atoms with Gasteiger partial charge < -0.3 is 10.0 Å². The Kier molecular flexibility index (Phi) is 3.80. The van der Waals surface area contributed by atoms with Crippen LogP contribution >= 0.6 is 0 Å². The molecule has 2 heterocycles. The van der Waals surface area contributed by atoms with Crippen LogP contribution in [-0.2, 0) is 17.8 Å². The molecule has 2 aromatic rings. The van der Waals surface area contributed by atoms with E-state index in [2.05, 4.69) is 10.3 Å². The van der Waals surface area contributed by atoms with Gasteiger partial charge in [-0.05, 0) is 12.1 Å². The molecule has 1 aliphatic heterocycles. The fourth-order valence-corrected chi connectivity index (χ4v) is 2.48. The molecule has 122 valence electrons. The lowest BCUT2D eigenvalue weighted by Crippen LogP contribution is -2.48. The van der Waals surface area contributed by atoms with E-state index in [9.17, 15) is 18.0 Å². The van der Waals surface area contributed by atoms with Gasteiger partial charge in [0, 0.05) is 13.0 Å². The van der Waals surface area contributed by atoms with Gasteiger partial charge in [0.15, 0.2) is 0 Å². The van der Waals surface area contributed by atoms with Gasteiger partial charge in [-0.1, -0.05) is 23.4 Å². The molecule has 1 aromatic carbocycles. The summed E-state index contributed by atoms with van der Waals surface area (Å²) in [4.78, 5) is 12.7. The Bertz CT molecular complexity index is 715. The van der Waals surface area contributed by atoms with Crippen molar-refractivity contribution < 1.29 is 23.1 Å². The molecular weight excluding hydrogens is 313 g/mol. The summed E-state index contributed by atoms with van der Waals surface area (Å²) in [7, 11) is 0. The van der Waals surface area contributed by atoms with E-state index in [-0.39, 0.29) is 13.1 Å². The fraction of sp³-hybridized carbons (Fsp3) is 0.357. The monoisotopic (exact) mass is 326 g/mol. The number of alkyl halides is 3. The summed E-state index contributed by atoms with van der Waals surface area (Å²) in [5.74, 6) is -1.36. The highest BCUT2D eigenvalue weighted by Crippen LogP contribution is 2.25. The molecule has 3 rings (SSSR count). The minimum Gasteiger partial charge on any atom is -0.376 e. The minimum atomic E-state index is -4.97. The Balaban J connectivity index is 1.81. The Morgan fingerprint density at radius 1 is 1.26 bits per heavy atom. The summed E-state index contributed by atoms with van der Waals surface area (Å²) < 4.78 is 38.9. The van der Waals surface area contributed by atoms with Crippen molar-refractivity contribution in [2.24, 2.45) is 0 Å². The number of carbonyl (C=O) groups is 1. The van der Waals surface area contributed by atoms with Crippen molar-refractivity contribution in [3.05, 3.63) is 41.7 Å². The van der Waals surface area contributed by atoms with E-state index >= 15 is 0 Å². The third kappa shape index (κ3) is 2.91. The molecule has 1 atom stereocenters. The Morgan fingerprint density at radius 2 is 1.96 bits per heavy atom. The zero-order chi connectivity index (χ0) is 16.6. The molecule has 0 saturated heterocycles. The number of aliphatic hydroxyl groups is 1. The average molecular weight is 326 g/mol. The quantitative estimate of drug-likeness (QED) is 0.896. The molecular formula is C14H13F3N4O2. The highest BCUT2D eigenvalue weighted by Gasteiger charge is 2.46. The van der Waals surface area contributed by atoms with Crippen molar-refractivity contribution in [1.29, 1.82) is 0 Å². The second kappa shape index (κ2) is 5.65. The van der Waals surface area contributed by atoms with Crippen LogP contribution in [0.25, 0.3) is 5.69 Å². The van der Waals surface area contributed by atoms with Crippen LogP contribution < -0.4 is 0 Å². The Labute approximate surface area is 129 Å². The first kappa shape index (κ1) is 15.5. The Morgan fingerprint density at radius 3 is 2.61 bits per heavy atom. The van der Waals surface area contributed by atoms with Crippen LogP contribution in [0.3, 0.4) is 0 Å². The number of hydrogen-bond acceptors (Lipinski definition) is 4. The summed E-state index contributed by atoms with van der Waals surface area (Å²) in [5.41, 5.74) is 1.97. The van der Waals surface area contributed by atoms with Crippen LogP contribution in [-0.4, -0.2) is 49.7 Å². The van der Waals surface area contributed by atoms with E-state index in [4.69, 9.17) is 5.11 Å². The van der Waals surface area contributed by atoms with Gasteiger partial charge in [0.05, 0.1) is 17.9 Å². The van der Waals surface area contributed by atoms with Gasteiger partial charge in [-0.3, -0.25) is 4.79 Å². The van der Waals surface area contributed by atoms with E-state index in [0.717, 1.165) is 16.3 Å². The van der Waals surface area contributed by atoms with Gasteiger partial charge in [0.2, 0.25) is 6.10 Å². The molecule has 1 aromatic heterocycles. The first-order valence-corrected chi connectivity index (χ1v) is 6.90. The molecule has 0 bridgehead atoms. The lowest BCUT2D eigenvalue weighted by atomic mass is 10.1. The van der Waals surface area contributed by atoms with Gasteiger partial charge in [0.1, 0.15) is 5.69 Å². The van der Waals surface area contributed by atoms with Crippen molar-refractivity contribution in [2.75, 3.05) is 6.54 Å². The first-order valence-electron chi connectivity index (χ1n) is 6.90. The normalized spacial score (nSPS) is 16.1. The largest absolute Gasteiger partial charge is 0.423 e. The number of aliphatic hydroxyl groups excluding tert-OH is 1. The lowest BCUT2D eigenvalue weighted by Gasteiger charge is -2.28. The smallest absolute Gasteiger partial charge is 0.376 e. The number of hydrogen-bond donors (Lipinski definition) is 1. The molecule has 1 N–H and O–H groups in total. The highest BCUT2D eigenvalue weighted by molar-refractivity contribution is 5.81. The maximum Gasteiger partial charge on any atom is 0.423 e. The third-order valence-electron chi connectivity index (χ3n) is 3.66. The lowest BCUT2D eigenvalue weighted by molar-refractivity contribution is -0.211. The summed E-state index contributed by atoms with van der Waals surface area (Å²) in [6.07, 6.45) is -7.67. The number of nitrogens with zero attached hydrogens (tertiary/aromatic N) is 4. The van der Waals surface area contributed by atoms with E-state index in [1.807, 2.05) is 30.3 Å². The second-order valence-electron chi connectivity index (χ2n) is 5.18. The summed E-state index contributed by atoms with van der Waals surface area (Å²) in [6, 6.07) is 9.19. The SMILES string of the molecule is O=C(C(O)C(F)(F)F)N1CCc2c(nnn2-c2ccccc2)C1. The van der Waals surface area contributed by atoms with E-state index in [0.29, 0.717) is 12.1 Å². The molecule has 0 radical (unpaired) electrons. The molecule has 0 saturated carbocycles. The number of halogens is 3. The van der Waals surface area contributed by atoms with Crippen LogP contribution in [0.4, 0.5) is 13.2 Å². The van der Waals surface area contributed by atoms with Crippen molar-refractivity contribution in [2.45, 2.75) is 25.2 Å². The number of carbonyl (C=O) groups excluding carboxylic acids is 1. The van der Waals surface area contributed by atoms with Crippen molar-refractivity contribution >= 4 is 5.91 Å². The molecule has 0 spiro atoms. The molecule has 23 heavy (non-hydrogen) atoms. The predicted molar refractivity (Wildman–Crippen MR) is 72.5 cm³/mol. The maximum atomic E-state index is 12.4. The van der Waals surface area contributed by atoms with E-state index < -0.39 is 18.2 Å². The molecule has 0 fully saturated rings. The number of fused-ring (bicyclic) bond motifs is 1. The third-order valence-corrected chi connectivity index (χ3v) is 3.66. The summed E-state index contributed by atoms with van der Waals surface area (Å²) >= 11 is 0. The van der Waals surface area contributed by atoms with Gasteiger partial charge in [-0.2, -0.15) is 13.2 Å². The number of amides is 1. The zero-order valence-electron chi connectivity index (χ0n) is 11.9. The topological polar surface area (TPSA) is 71.2 Å². The fourth-order valence-electron chi connectivity index (χ4n) is 2.48. The Hall–Kier alpha value is -2.42. The number of benzene rings is 1. The first-order chi connectivity index (χ1) is 10.9. The predicted octanol–water partition coefficient (Wildman–Crippen LogP) is 1.08. The maximum absolute atomic E-state index is 12.4. The summed E-state index contributed by atoms with van der Waals surface area (Å²) in [5, 5.41) is 17.0. The number of rotatable bonds is 2. The van der Waals surface area contributed by atoms with Gasteiger partial charge in [-0.15, -0.1) is 5.10 Å². The van der Waals surface area contributed by atoms with E-state index in [1.54, 1.807) is 4.68 Å². The minimum absolute atomic E-state index is 0.0686. The molecule has 9 heteroatoms. The highest BCUT2D eigenvalue weighted by atomic mass is 19.4. The van der Waals surface area contributed by atoms with Crippen molar-refractivity contribution in [3.8, 4) is 5.69 Å². The van der Waals surface area contributed by atoms with E-state index in [1.165, 1.54) is 0 Å². The number of para-hydroxylation sites is 1. The molecule has 0 aliphatic carbocycles. The van der Waals surface area contributed by atoms with Gasteiger partial charge in [-0.25, -0.2) is 4.68 Å².